The van der Waals surface area contributed by atoms with Gasteiger partial charge in [0, 0.05) is 56.5 Å². The number of carbonyl (C=O) groups excluding carboxylic acids is 2. The molecule has 0 aliphatic heterocycles. The minimum atomic E-state index is -0.528. The predicted octanol–water partition coefficient (Wildman–Crippen LogP) is 17.5. The molecular weight excluding hydrogens is 1130 g/mol. The number of rotatable bonds is 16. The first-order chi connectivity index (χ1) is 45.0. The average Bonchev–Trinajstić information content (AvgIpc) is 0.666. The van der Waals surface area contributed by atoms with Gasteiger partial charge in [-0.25, -0.2) is 9.59 Å². The summed E-state index contributed by atoms with van der Waals surface area (Å²) in [6.45, 7) is 22.0. The van der Waals surface area contributed by atoms with Crippen LogP contribution in [-0.4, -0.2) is 38.4 Å². The number of esters is 2. The molecule has 6 aromatic rings. The molecule has 6 heteroatoms. The first-order valence-electron chi connectivity index (χ1n) is 33.0. The van der Waals surface area contributed by atoms with Crippen molar-refractivity contribution < 1.29 is 28.5 Å². The second kappa shape index (κ2) is 23.6. The summed E-state index contributed by atoms with van der Waals surface area (Å²) >= 11 is 0. The monoisotopic (exact) mass is 1210 g/mol. The van der Waals surface area contributed by atoms with Crippen molar-refractivity contribution in [1.82, 2.24) is 0 Å². The molecule has 8 bridgehead atoms. The van der Waals surface area contributed by atoms with Crippen LogP contribution in [0.5, 0.6) is 0 Å². The summed E-state index contributed by atoms with van der Waals surface area (Å²) in [5.41, 5.74) is 14.6. The van der Waals surface area contributed by atoms with Crippen LogP contribution in [0.2, 0.25) is 0 Å². The lowest BCUT2D eigenvalue weighted by Gasteiger charge is -2.68. The van der Waals surface area contributed by atoms with Gasteiger partial charge in [0.2, 0.25) is 0 Å². The summed E-state index contributed by atoms with van der Waals surface area (Å²) in [5, 5.41) is 0. The van der Waals surface area contributed by atoms with Crippen LogP contribution in [0.1, 0.15) is 104 Å². The van der Waals surface area contributed by atoms with Crippen LogP contribution in [0.15, 0.2) is 280 Å². The third-order valence-corrected chi connectivity index (χ3v) is 23.3. The predicted molar refractivity (Wildman–Crippen MR) is 368 cm³/mol. The molecule has 0 spiro atoms. The fourth-order valence-corrected chi connectivity index (χ4v) is 20.0. The van der Waals surface area contributed by atoms with Crippen LogP contribution in [0, 0.1) is 47.3 Å². The van der Waals surface area contributed by atoms with Gasteiger partial charge in [-0.1, -0.05) is 281 Å². The third kappa shape index (κ3) is 8.94. The lowest BCUT2D eigenvalue weighted by Crippen LogP contribution is -2.66. The fraction of sp³-hybridized carbons (Fsp3) is 0.279. The molecule has 2 fully saturated rings. The quantitative estimate of drug-likeness (QED) is 0.0710. The third-order valence-electron chi connectivity index (χ3n) is 23.3. The van der Waals surface area contributed by atoms with Gasteiger partial charge in [-0.15, -0.1) is 0 Å². The smallest absolute Gasteiger partial charge is 0.333 e. The van der Waals surface area contributed by atoms with Crippen LogP contribution < -0.4 is 0 Å². The van der Waals surface area contributed by atoms with Crippen LogP contribution >= 0.6 is 0 Å². The maximum atomic E-state index is 13.0. The Kier molecular flexibility index (Phi) is 15.2. The van der Waals surface area contributed by atoms with Crippen molar-refractivity contribution in [1.29, 1.82) is 0 Å². The highest BCUT2D eigenvalue weighted by atomic mass is 16.5. The molecule has 16 atom stereocenters. The highest BCUT2D eigenvalue weighted by Crippen LogP contribution is 2.75. The lowest BCUT2D eigenvalue weighted by molar-refractivity contribution is -0.146. The van der Waals surface area contributed by atoms with Crippen LogP contribution in [-0.2, 0) is 63.4 Å². The van der Waals surface area contributed by atoms with E-state index in [1.165, 1.54) is 55.6 Å². The van der Waals surface area contributed by atoms with Crippen molar-refractivity contribution in [2.24, 2.45) is 47.3 Å². The van der Waals surface area contributed by atoms with E-state index in [0.29, 0.717) is 49.4 Å². The second-order valence-electron chi connectivity index (χ2n) is 27.5. The number of carbonyl (C=O) groups is 2. The molecule has 460 valence electrons. The number of hydrogen-bond donors (Lipinski definition) is 0. The first-order valence-corrected chi connectivity index (χ1v) is 33.0. The zero-order valence-electron chi connectivity index (χ0n) is 52.7. The Hall–Kier alpha value is -8.94. The number of hydrogen-bond acceptors (Lipinski definition) is 6. The molecular formula is C86H80O6. The molecule has 16 unspecified atom stereocenters. The van der Waals surface area contributed by atoms with Gasteiger partial charge in [-0.05, 0) is 128 Å². The standard InChI is InChI=1S/C48H44O2.C38H36O4/c1-3-33-21-25-35(26-22-33)29-49-31-47-41-17-9-5-13-37(41)46(38-14-6-10-18-42(38)47)48(32-50-30-36-27-23-34(4-2)24-28-36)43-19-11-7-15-39(43)45(47)40-16-8-12-20-44(40)48;1-23(2)35(39)41-21-37-29-17-9-5-13-25(29)34(26-14-6-10-18-30(26)37)38(22-42-36(40)24(3)4)31-19-11-7-15-27(31)33(37)28-16-8-12-20-32(28)38/h3-28,37,39,41,43,45-46H,1-2,29-32H2;5-20,25,27,29,31,33-34H,1,3,21-22H2,2,4H3. The highest BCUT2D eigenvalue weighted by Gasteiger charge is 2.72. The highest BCUT2D eigenvalue weighted by molar-refractivity contribution is 5.87. The average molecular weight is 1210 g/mol. The Morgan fingerprint density at radius 3 is 0.902 bits per heavy atom. The van der Waals surface area contributed by atoms with Crippen molar-refractivity contribution in [3.63, 3.8) is 0 Å². The minimum absolute atomic E-state index is 0.00818. The van der Waals surface area contributed by atoms with E-state index in [2.05, 4.69) is 269 Å². The molecule has 6 aromatic carbocycles. The van der Waals surface area contributed by atoms with Gasteiger partial charge in [0.1, 0.15) is 13.2 Å². The normalized spacial score (nSPS) is 32.0. The maximum absolute atomic E-state index is 13.0. The molecule has 92 heavy (non-hydrogen) atoms. The van der Waals surface area contributed by atoms with Gasteiger partial charge in [-0.3, -0.25) is 0 Å². The Balaban J connectivity index is 0.000000155. The fourth-order valence-electron chi connectivity index (χ4n) is 20.0. The summed E-state index contributed by atoms with van der Waals surface area (Å²) in [7, 11) is 0. The summed E-state index contributed by atoms with van der Waals surface area (Å²) in [5.74, 6) is 1.23. The van der Waals surface area contributed by atoms with Crippen molar-refractivity contribution in [3.05, 3.63) is 347 Å². The molecule has 16 aliphatic rings. The SMILES string of the molecule is C=C(C)C(=O)OCC12c3ccccc3C(C3C=CC=CC31)C1(COC(=O)C(=C)C)c3ccccc3C2C2C=CC=CC21.C=Cc1ccc(COCC23c4ccccc4C(C4C=CC=CC42)C2(COCc4ccc(C=C)cc4)c4ccccc4C3C3C=CC=CC32)cc1. The van der Waals surface area contributed by atoms with Crippen LogP contribution in [0.3, 0.4) is 0 Å². The van der Waals surface area contributed by atoms with Crippen LogP contribution in [0.25, 0.3) is 12.2 Å². The zero-order chi connectivity index (χ0) is 62.9. The largest absolute Gasteiger partial charge is 0.461 e. The molecule has 0 saturated heterocycles. The van der Waals surface area contributed by atoms with E-state index in [0.717, 1.165) is 11.1 Å². The van der Waals surface area contributed by atoms with Gasteiger partial charge in [0.15, 0.2) is 0 Å². The molecule has 16 aliphatic carbocycles. The van der Waals surface area contributed by atoms with Crippen LogP contribution in [0.4, 0.5) is 0 Å². The molecule has 0 radical (unpaired) electrons. The van der Waals surface area contributed by atoms with Crippen molar-refractivity contribution >= 4 is 24.1 Å². The molecule has 22 rings (SSSR count). The topological polar surface area (TPSA) is 71.1 Å². The van der Waals surface area contributed by atoms with Crippen molar-refractivity contribution in [2.45, 2.75) is 72.4 Å². The summed E-state index contributed by atoms with van der Waals surface area (Å²) in [6, 6.07) is 53.4. The summed E-state index contributed by atoms with van der Waals surface area (Å²) in [4.78, 5) is 26.1. The summed E-state index contributed by atoms with van der Waals surface area (Å²) in [6.07, 6.45) is 40.9. The van der Waals surface area contributed by atoms with E-state index in [-0.39, 0.29) is 95.2 Å². The molecule has 2 saturated carbocycles. The van der Waals surface area contributed by atoms with Crippen molar-refractivity contribution in [2.75, 3.05) is 26.4 Å². The Labute approximate surface area is 542 Å². The van der Waals surface area contributed by atoms with Gasteiger partial charge in [0.25, 0.3) is 0 Å². The second-order valence-corrected chi connectivity index (χ2v) is 27.5. The van der Waals surface area contributed by atoms with E-state index < -0.39 is 10.8 Å². The number of allylic oxidation sites excluding steroid dienone is 16. The van der Waals surface area contributed by atoms with E-state index in [4.69, 9.17) is 18.9 Å². The van der Waals surface area contributed by atoms with Gasteiger partial charge < -0.3 is 18.9 Å². The van der Waals surface area contributed by atoms with E-state index in [9.17, 15) is 9.59 Å². The summed E-state index contributed by atoms with van der Waals surface area (Å²) < 4.78 is 26.4. The van der Waals surface area contributed by atoms with E-state index in [1.807, 2.05) is 12.2 Å². The molecule has 0 amide bonds. The molecule has 0 aromatic heterocycles. The number of benzene rings is 6. The zero-order valence-corrected chi connectivity index (χ0v) is 52.7. The minimum Gasteiger partial charge on any atom is -0.461 e. The van der Waals surface area contributed by atoms with Gasteiger partial charge in [0.05, 0.1) is 26.4 Å². The Morgan fingerprint density at radius 1 is 0.370 bits per heavy atom. The maximum Gasteiger partial charge on any atom is 0.333 e. The van der Waals surface area contributed by atoms with E-state index >= 15 is 0 Å². The van der Waals surface area contributed by atoms with Gasteiger partial charge in [-0.2, -0.15) is 0 Å². The van der Waals surface area contributed by atoms with Gasteiger partial charge >= 0.3 is 11.9 Å². The number of ether oxygens (including phenoxy) is 4. The van der Waals surface area contributed by atoms with E-state index in [1.54, 1.807) is 13.8 Å². The lowest BCUT2D eigenvalue weighted by atomic mass is 9.35. The van der Waals surface area contributed by atoms with Crippen molar-refractivity contribution in [3.8, 4) is 0 Å². The Bertz CT molecular complexity index is 3950. The molecule has 0 N–H and O–H groups in total. The Morgan fingerprint density at radius 2 is 0.630 bits per heavy atom. The first kappa shape index (κ1) is 59.4. The molecule has 6 nitrogen and oxygen atoms in total. The molecule has 0 heterocycles.